The molecule has 0 radical (unpaired) electrons. The predicted molar refractivity (Wildman–Crippen MR) is 75.0 cm³/mol. The Labute approximate surface area is 114 Å². The Kier molecular flexibility index (Phi) is 5.28. The SMILES string of the molecule is CCCCCC(Nc1nncs1)Nc1nncs1. The number of aromatic nitrogens is 4. The van der Waals surface area contributed by atoms with E-state index in [1.165, 1.54) is 41.9 Å². The van der Waals surface area contributed by atoms with E-state index in [4.69, 9.17) is 0 Å². The minimum atomic E-state index is 0.123. The highest BCUT2D eigenvalue weighted by atomic mass is 32.1. The molecule has 6 nitrogen and oxygen atoms in total. The fourth-order valence-corrected chi connectivity index (χ4v) is 2.55. The molecule has 98 valence electrons. The van der Waals surface area contributed by atoms with Gasteiger partial charge in [-0.15, -0.1) is 20.4 Å². The molecule has 0 atom stereocenters. The average Bonchev–Trinajstić information content (AvgIpc) is 3.02. The van der Waals surface area contributed by atoms with E-state index in [1.54, 1.807) is 11.0 Å². The van der Waals surface area contributed by atoms with Crippen LogP contribution in [0.4, 0.5) is 10.3 Å². The van der Waals surface area contributed by atoms with Crippen LogP contribution in [0.15, 0.2) is 11.0 Å². The van der Waals surface area contributed by atoms with E-state index in [1.807, 2.05) is 0 Å². The lowest BCUT2D eigenvalue weighted by Crippen LogP contribution is -2.28. The van der Waals surface area contributed by atoms with Crippen molar-refractivity contribution >= 4 is 32.9 Å². The Balaban J connectivity index is 1.89. The smallest absolute Gasteiger partial charge is 0.207 e. The van der Waals surface area contributed by atoms with Gasteiger partial charge in [-0.3, -0.25) is 0 Å². The molecule has 0 aliphatic carbocycles. The summed E-state index contributed by atoms with van der Waals surface area (Å²) in [5, 5.41) is 24.0. The van der Waals surface area contributed by atoms with Crippen LogP contribution in [0, 0.1) is 0 Å². The van der Waals surface area contributed by atoms with E-state index in [0.717, 1.165) is 16.7 Å². The van der Waals surface area contributed by atoms with Gasteiger partial charge in [0.05, 0.1) is 0 Å². The largest absolute Gasteiger partial charge is 0.340 e. The number of hydrogen-bond donors (Lipinski definition) is 2. The summed E-state index contributed by atoms with van der Waals surface area (Å²) in [4.78, 5) is 0. The van der Waals surface area contributed by atoms with E-state index in [0.29, 0.717) is 0 Å². The number of hydrogen-bond acceptors (Lipinski definition) is 8. The normalized spacial score (nSPS) is 10.8. The minimum absolute atomic E-state index is 0.123. The summed E-state index contributed by atoms with van der Waals surface area (Å²) in [5.74, 6) is 0. The first-order valence-corrected chi connectivity index (χ1v) is 7.70. The van der Waals surface area contributed by atoms with Crippen molar-refractivity contribution in [2.45, 2.75) is 38.8 Å². The summed E-state index contributed by atoms with van der Waals surface area (Å²) in [6.45, 7) is 2.20. The number of nitrogens with zero attached hydrogens (tertiary/aromatic N) is 4. The Hall–Kier alpha value is -1.28. The molecule has 0 unspecified atom stereocenters. The van der Waals surface area contributed by atoms with Gasteiger partial charge in [0.25, 0.3) is 0 Å². The van der Waals surface area contributed by atoms with Crippen LogP contribution in [-0.4, -0.2) is 26.6 Å². The van der Waals surface area contributed by atoms with Gasteiger partial charge in [0.2, 0.25) is 10.3 Å². The third-order valence-electron chi connectivity index (χ3n) is 2.41. The van der Waals surface area contributed by atoms with Crippen LogP contribution in [0.25, 0.3) is 0 Å². The molecule has 0 aliphatic heterocycles. The topological polar surface area (TPSA) is 75.6 Å². The highest BCUT2D eigenvalue weighted by Gasteiger charge is 2.11. The molecule has 0 saturated heterocycles. The molecule has 18 heavy (non-hydrogen) atoms. The van der Waals surface area contributed by atoms with Crippen molar-refractivity contribution in [3.63, 3.8) is 0 Å². The van der Waals surface area contributed by atoms with Gasteiger partial charge in [-0.1, -0.05) is 42.4 Å². The van der Waals surface area contributed by atoms with Gasteiger partial charge >= 0.3 is 0 Å². The van der Waals surface area contributed by atoms with Crippen molar-refractivity contribution in [3.05, 3.63) is 11.0 Å². The number of rotatable bonds is 8. The molecule has 0 fully saturated rings. The summed E-state index contributed by atoms with van der Waals surface area (Å²) < 4.78 is 0. The monoisotopic (exact) mass is 284 g/mol. The second kappa shape index (κ2) is 7.22. The van der Waals surface area contributed by atoms with E-state index in [-0.39, 0.29) is 6.17 Å². The molecular weight excluding hydrogens is 268 g/mol. The van der Waals surface area contributed by atoms with Crippen LogP contribution in [0.2, 0.25) is 0 Å². The first-order valence-electron chi connectivity index (χ1n) is 5.94. The molecule has 0 aromatic carbocycles. The van der Waals surface area contributed by atoms with Crippen LogP contribution in [0.3, 0.4) is 0 Å². The van der Waals surface area contributed by atoms with Crippen LogP contribution in [-0.2, 0) is 0 Å². The Morgan fingerprint density at radius 1 is 1.06 bits per heavy atom. The van der Waals surface area contributed by atoms with Crippen molar-refractivity contribution in [1.29, 1.82) is 0 Å². The molecule has 2 rings (SSSR count). The van der Waals surface area contributed by atoms with Gasteiger partial charge in [0.1, 0.15) is 17.2 Å². The van der Waals surface area contributed by atoms with Crippen molar-refractivity contribution in [1.82, 2.24) is 20.4 Å². The van der Waals surface area contributed by atoms with Gasteiger partial charge in [0.15, 0.2) is 0 Å². The highest BCUT2D eigenvalue weighted by molar-refractivity contribution is 7.13. The molecule has 0 aliphatic rings. The Morgan fingerprint density at radius 3 is 2.11 bits per heavy atom. The van der Waals surface area contributed by atoms with Crippen molar-refractivity contribution in [2.75, 3.05) is 10.6 Å². The third-order valence-corrected chi connectivity index (χ3v) is 3.66. The summed E-state index contributed by atoms with van der Waals surface area (Å²) in [7, 11) is 0. The van der Waals surface area contributed by atoms with Crippen LogP contribution in [0.5, 0.6) is 0 Å². The molecule has 8 heteroatoms. The predicted octanol–water partition coefficient (Wildman–Crippen LogP) is 2.82. The van der Waals surface area contributed by atoms with Crippen LogP contribution in [0.1, 0.15) is 32.6 Å². The second-order valence-corrected chi connectivity index (χ2v) is 5.49. The van der Waals surface area contributed by atoms with Crippen molar-refractivity contribution in [2.24, 2.45) is 0 Å². The van der Waals surface area contributed by atoms with Crippen molar-refractivity contribution < 1.29 is 0 Å². The zero-order valence-corrected chi connectivity index (χ0v) is 11.8. The molecule has 2 aromatic rings. The van der Waals surface area contributed by atoms with Gasteiger partial charge < -0.3 is 10.6 Å². The summed E-state index contributed by atoms with van der Waals surface area (Å²) in [6, 6.07) is 0. The molecular formula is C10H16N6S2. The standard InChI is InChI=1S/C10H16N6S2/c1-2-3-4-5-8(13-9-15-11-6-17-9)14-10-16-12-7-18-10/h6-8H,2-5H2,1H3,(H,13,15)(H,14,16). The quantitative estimate of drug-likeness (QED) is 0.573. The zero-order valence-electron chi connectivity index (χ0n) is 10.2. The van der Waals surface area contributed by atoms with E-state index >= 15 is 0 Å². The van der Waals surface area contributed by atoms with Gasteiger partial charge in [-0.2, -0.15) is 0 Å². The Bertz CT molecular complexity index is 379. The second-order valence-electron chi connectivity index (χ2n) is 3.82. The third kappa shape index (κ3) is 4.19. The lowest BCUT2D eigenvalue weighted by molar-refractivity contribution is 0.620. The lowest BCUT2D eigenvalue weighted by Gasteiger charge is -2.18. The highest BCUT2D eigenvalue weighted by Crippen LogP contribution is 2.17. The van der Waals surface area contributed by atoms with Crippen molar-refractivity contribution in [3.8, 4) is 0 Å². The number of unbranched alkanes of at least 4 members (excludes halogenated alkanes) is 2. The average molecular weight is 284 g/mol. The molecule has 0 amide bonds. The van der Waals surface area contributed by atoms with E-state index in [9.17, 15) is 0 Å². The van der Waals surface area contributed by atoms with E-state index in [2.05, 4.69) is 38.0 Å². The van der Waals surface area contributed by atoms with E-state index < -0.39 is 0 Å². The van der Waals surface area contributed by atoms with Crippen LogP contribution < -0.4 is 10.6 Å². The van der Waals surface area contributed by atoms with Gasteiger partial charge in [-0.25, -0.2) is 0 Å². The molecule has 0 spiro atoms. The number of anilines is 2. The summed E-state index contributed by atoms with van der Waals surface area (Å²) in [6.07, 6.45) is 4.75. The molecule has 2 aromatic heterocycles. The summed E-state index contributed by atoms with van der Waals surface area (Å²) in [5.41, 5.74) is 3.44. The maximum absolute atomic E-state index is 4.00. The zero-order chi connectivity index (χ0) is 12.6. The minimum Gasteiger partial charge on any atom is -0.340 e. The molecule has 0 saturated carbocycles. The van der Waals surface area contributed by atoms with Gasteiger partial charge in [0, 0.05) is 0 Å². The fourth-order valence-electron chi connectivity index (χ4n) is 1.55. The number of nitrogens with one attached hydrogen (secondary N) is 2. The lowest BCUT2D eigenvalue weighted by atomic mass is 10.2. The summed E-state index contributed by atoms with van der Waals surface area (Å²) >= 11 is 2.99. The fraction of sp³-hybridized carbons (Fsp3) is 0.600. The van der Waals surface area contributed by atoms with Gasteiger partial charge in [-0.05, 0) is 12.8 Å². The maximum Gasteiger partial charge on any atom is 0.207 e. The van der Waals surface area contributed by atoms with Crippen LogP contribution >= 0.6 is 22.7 Å². The molecule has 0 bridgehead atoms. The Morgan fingerprint density at radius 2 is 1.67 bits per heavy atom. The first kappa shape index (κ1) is 13.2. The molecule has 2 N–H and O–H groups in total. The molecule has 2 heterocycles. The first-order chi connectivity index (χ1) is 8.88. The maximum atomic E-state index is 4.00.